The van der Waals surface area contributed by atoms with Crippen LogP contribution in [0.25, 0.3) is 0 Å². The highest BCUT2D eigenvalue weighted by atomic mass is 79.9. The maximum Gasteiger partial charge on any atom is 0.303 e. The van der Waals surface area contributed by atoms with Crippen molar-refractivity contribution in [2.75, 3.05) is 6.54 Å². The van der Waals surface area contributed by atoms with E-state index >= 15 is 0 Å². The quantitative estimate of drug-likeness (QED) is 0.613. The minimum atomic E-state index is -3.43. The fraction of sp³-hybridized carbons (Fsp3) is 0.500. The number of hydrogen-bond acceptors (Lipinski definition) is 3. The van der Waals surface area contributed by atoms with Gasteiger partial charge in [0.25, 0.3) is 0 Å². The fourth-order valence-electron chi connectivity index (χ4n) is 1.84. The highest BCUT2D eigenvalue weighted by molar-refractivity contribution is 9.10. The summed E-state index contributed by atoms with van der Waals surface area (Å²) in [6, 6.07) is 6.49. The third-order valence-corrected chi connectivity index (χ3v) is 4.99. The van der Waals surface area contributed by atoms with Gasteiger partial charge in [0.1, 0.15) is 0 Å². The summed E-state index contributed by atoms with van der Waals surface area (Å²) in [7, 11) is -3.43. The predicted octanol–water partition coefficient (Wildman–Crippen LogP) is 3.15. The summed E-state index contributed by atoms with van der Waals surface area (Å²) < 4.78 is 27.3. The van der Waals surface area contributed by atoms with Crippen molar-refractivity contribution in [2.45, 2.75) is 43.4 Å². The van der Waals surface area contributed by atoms with Crippen molar-refractivity contribution in [3.63, 3.8) is 0 Å². The number of sulfonamides is 1. The molecule has 0 radical (unpaired) electrons. The summed E-state index contributed by atoms with van der Waals surface area (Å²) in [4.78, 5) is 10.6. The molecule has 0 aromatic heterocycles. The molecule has 5 nitrogen and oxygen atoms in total. The molecule has 0 unspecified atom stereocenters. The Morgan fingerprint density at radius 1 is 1.05 bits per heavy atom. The minimum absolute atomic E-state index is 0.205. The molecule has 1 aromatic carbocycles. The van der Waals surface area contributed by atoms with Gasteiger partial charge >= 0.3 is 5.97 Å². The molecule has 0 atom stereocenters. The van der Waals surface area contributed by atoms with Crippen LogP contribution in [-0.4, -0.2) is 26.0 Å². The number of nitrogens with one attached hydrogen (secondary N) is 1. The molecular formula is C14H20BrNO4S. The van der Waals surface area contributed by atoms with Gasteiger partial charge in [-0.3, -0.25) is 4.79 Å². The molecule has 0 aliphatic rings. The molecule has 118 valence electrons. The van der Waals surface area contributed by atoms with Crippen LogP contribution in [-0.2, 0) is 14.8 Å². The molecule has 0 spiro atoms. The van der Waals surface area contributed by atoms with E-state index in [-0.39, 0.29) is 11.3 Å². The van der Waals surface area contributed by atoms with Gasteiger partial charge in [-0.15, -0.1) is 0 Å². The first kappa shape index (κ1) is 18.1. The molecule has 0 saturated heterocycles. The van der Waals surface area contributed by atoms with Crippen LogP contribution in [0.5, 0.6) is 0 Å². The zero-order valence-electron chi connectivity index (χ0n) is 11.7. The van der Waals surface area contributed by atoms with Crippen molar-refractivity contribution in [3.05, 3.63) is 28.7 Å². The van der Waals surface area contributed by atoms with Crippen LogP contribution in [0.1, 0.15) is 38.5 Å². The second kappa shape index (κ2) is 9.17. The maximum atomic E-state index is 12.0. The Balaban J connectivity index is 2.20. The van der Waals surface area contributed by atoms with E-state index in [0.29, 0.717) is 13.0 Å². The second-order valence-corrected chi connectivity index (χ2v) is 7.45. The lowest BCUT2D eigenvalue weighted by atomic mass is 10.1. The van der Waals surface area contributed by atoms with Crippen LogP contribution in [0.15, 0.2) is 33.6 Å². The number of halogens is 1. The number of aliphatic carboxylic acids is 1. The van der Waals surface area contributed by atoms with Gasteiger partial charge in [0.05, 0.1) is 4.90 Å². The zero-order valence-corrected chi connectivity index (χ0v) is 14.1. The van der Waals surface area contributed by atoms with Crippen molar-refractivity contribution < 1.29 is 18.3 Å². The smallest absolute Gasteiger partial charge is 0.303 e. The number of carboxylic acids is 1. The normalized spacial score (nSPS) is 11.5. The Labute approximate surface area is 133 Å². The van der Waals surface area contributed by atoms with Gasteiger partial charge in [-0.2, -0.15) is 0 Å². The van der Waals surface area contributed by atoms with E-state index in [9.17, 15) is 13.2 Å². The van der Waals surface area contributed by atoms with Gasteiger partial charge in [-0.25, -0.2) is 13.1 Å². The lowest BCUT2D eigenvalue weighted by Gasteiger charge is -2.06. The summed E-state index contributed by atoms with van der Waals surface area (Å²) >= 11 is 3.26. The average molecular weight is 378 g/mol. The summed E-state index contributed by atoms with van der Waals surface area (Å²) in [6.45, 7) is 0.400. The third kappa shape index (κ3) is 7.59. The van der Waals surface area contributed by atoms with E-state index < -0.39 is 16.0 Å². The maximum absolute atomic E-state index is 12.0. The van der Waals surface area contributed by atoms with Gasteiger partial charge in [-0.05, 0) is 37.1 Å². The largest absolute Gasteiger partial charge is 0.481 e. The van der Waals surface area contributed by atoms with Crippen LogP contribution in [0, 0.1) is 0 Å². The highest BCUT2D eigenvalue weighted by Crippen LogP contribution is 2.14. The molecule has 0 aliphatic carbocycles. The Bertz CT molecular complexity index is 543. The summed E-state index contributed by atoms with van der Waals surface area (Å²) in [5.74, 6) is -0.766. The van der Waals surface area contributed by atoms with E-state index in [1.807, 2.05) is 0 Å². The molecule has 1 rings (SSSR count). The molecule has 0 fully saturated rings. The van der Waals surface area contributed by atoms with Gasteiger partial charge in [0.15, 0.2) is 0 Å². The summed E-state index contributed by atoms with van der Waals surface area (Å²) in [6.07, 6.45) is 4.32. The number of carboxylic acid groups (broad SMARTS) is 1. The molecule has 0 heterocycles. The van der Waals surface area contributed by atoms with Gasteiger partial charge in [-0.1, -0.05) is 35.2 Å². The number of rotatable bonds is 10. The Morgan fingerprint density at radius 2 is 1.62 bits per heavy atom. The van der Waals surface area contributed by atoms with E-state index in [1.165, 1.54) is 0 Å². The second-order valence-electron chi connectivity index (χ2n) is 4.76. The Morgan fingerprint density at radius 3 is 2.24 bits per heavy atom. The molecule has 21 heavy (non-hydrogen) atoms. The lowest BCUT2D eigenvalue weighted by molar-refractivity contribution is -0.137. The number of unbranched alkanes of at least 4 members (excludes halogenated alkanes) is 4. The van der Waals surface area contributed by atoms with Crippen LogP contribution < -0.4 is 4.72 Å². The Hall–Kier alpha value is -0.920. The van der Waals surface area contributed by atoms with Crippen LogP contribution in [0.3, 0.4) is 0 Å². The van der Waals surface area contributed by atoms with Gasteiger partial charge in [0, 0.05) is 17.4 Å². The number of hydrogen-bond donors (Lipinski definition) is 2. The van der Waals surface area contributed by atoms with E-state index in [1.54, 1.807) is 24.3 Å². The first-order valence-electron chi connectivity index (χ1n) is 6.89. The van der Waals surface area contributed by atoms with Crippen molar-refractivity contribution in [3.8, 4) is 0 Å². The van der Waals surface area contributed by atoms with Crippen LogP contribution >= 0.6 is 15.9 Å². The molecule has 0 aliphatic heterocycles. The predicted molar refractivity (Wildman–Crippen MR) is 84.7 cm³/mol. The van der Waals surface area contributed by atoms with Crippen molar-refractivity contribution in [1.29, 1.82) is 0 Å². The zero-order chi connectivity index (χ0) is 15.7. The standard InChI is InChI=1S/C14H20BrNO4S/c15-12-7-9-13(10-8-12)21(19,20)16-11-5-3-1-2-4-6-14(17)18/h7-10,16H,1-6,11H2,(H,17,18). The van der Waals surface area contributed by atoms with Crippen molar-refractivity contribution >= 4 is 31.9 Å². The highest BCUT2D eigenvalue weighted by Gasteiger charge is 2.12. The fourth-order valence-corrected chi connectivity index (χ4v) is 3.17. The molecule has 2 N–H and O–H groups in total. The van der Waals surface area contributed by atoms with Crippen molar-refractivity contribution in [1.82, 2.24) is 4.72 Å². The van der Waals surface area contributed by atoms with Crippen LogP contribution in [0.2, 0.25) is 0 Å². The summed E-state index contributed by atoms with van der Waals surface area (Å²) in [5.41, 5.74) is 0. The van der Waals surface area contributed by atoms with Gasteiger partial charge < -0.3 is 5.11 Å². The number of benzene rings is 1. The number of carbonyl (C=O) groups is 1. The molecule has 7 heteroatoms. The Kier molecular flexibility index (Phi) is 7.92. The topological polar surface area (TPSA) is 83.5 Å². The van der Waals surface area contributed by atoms with E-state index in [2.05, 4.69) is 20.7 Å². The molecule has 0 saturated carbocycles. The van der Waals surface area contributed by atoms with Crippen LogP contribution in [0.4, 0.5) is 0 Å². The summed E-state index contributed by atoms with van der Waals surface area (Å²) in [5, 5.41) is 8.49. The third-order valence-electron chi connectivity index (χ3n) is 2.98. The molecule has 0 amide bonds. The first-order chi connectivity index (χ1) is 9.92. The van der Waals surface area contributed by atoms with E-state index in [4.69, 9.17) is 5.11 Å². The SMILES string of the molecule is O=C(O)CCCCCCCNS(=O)(=O)c1ccc(Br)cc1. The molecular weight excluding hydrogens is 358 g/mol. The first-order valence-corrected chi connectivity index (χ1v) is 9.16. The van der Waals surface area contributed by atoms with Crippen molar-refractivity contribution in [2.24, 2.45) is 0 Å². The minimum Gasteiger partial charge on any atom is -0.481 e. The average Bonchev–Trinajstić information content (AvgIpc) is 2.42. The lowest BCUT2D eigenvalue weighted by Crippen LogP contribution is -2.24. The van der Waals surface area contributed by atoms with Gasteiger partial charge in [0.2, 0.25) is 10.0 Å². The van der Waals surface area contributed by atoms with E-state index in [0.717, 1.165) is 30.2 Å². The monoisotopic (exact) mass is 377 g/mol. The molecule has 1 aromatic rings. The molecule has 0 bridgehead atoms.